The standard InChI is InChI=1S/C20H26O2/c1-13-5-14(2)8-17(7-13)11-19(21)20(22)12-18-9-15(3)6-16(4)10-18/h5-10,19-22H,11-12H2,1-4H3/t19-,20-/m0/s1. The molecule has 0 radical (unpaired) electrons. The molecule has 0 fully saturated rings. The second-order valence-corrected chi connectivity index (χ2v) is 6.53. The molecular formula is C20H26O2. The third-order valence-corrected chi connectivity index (χ3v) is 3.90. The molecule has 0 aliphatic rings. The summed E-state index contributed by atoms with van der Waals surface area (Å²) >= 11 is 0. The Morgan fingerprint density at radius 1 is 0.591 bits per heavy atom. The van der Waals surface area contributed by atoms with Crippen molar-refractivity contribution >= 4 is 0 Å². The number of aliphatic hydroxyl groups is 2. The Kier molecular flexibility index (Phi) is 5.38. The fourth-order valence-corrected chi connectivity index (χ4v) is 3.13. The highest BCUT2D eigenvalue weighted by atomic mass is 16.3. The first-order valence-corrected chi connectivity index (χ1v) is 7.84. The Hall–Kier alpha value is -1.64. The predicted molar refractivity (Wildman–Crippen MR) is 91.3 cm³/mol. The third kappa shape index (κ3) is 4.69. The van der Waals surface area contributed by atoms with Crippen molar-refractivity contribution in [2.24, 2.45) is 0 Å². The van der Waals surface area contributed by atoms with E-state index >= 15 is 0 Å². The van der Waals surface area contributed by atoms with Crippen molar-refractivity contribution in [2.45, 2.75) is 52.7 Å². The van der Waals surface area contributed by atoms with E-state index in [2.05, 4.69) is 64.1 Å². The highest BCUT2D eigenvalue weighted by Crippen LogP contribution is 2.16. The van der Waals surface area contributed by atoms with Crippen LogP contribution < -0.4 is 0 Å². The Balaban J connectivity index is 2.03. The molecular weight excluding hydrogens is 272 g/mol. The number of aliphatic hydroxyl groups excluding tert-OH is 2. The molecule has 0 aliphatic heterocycles. The summed E-state index contributed by atoms with van der Waals surface area (Å²) in [5, 5.41) is 20.6. The van der Waals surface area contributed by atoms with E-state index in [1.807, 2.05) is 0 Å². The topological polar surface area (TPSA) is 40.5 Å². The van der Waals surface area contributed by atoms with Gasteiger partial charge in [0.2, 0.25) is 0 Å². The summed E-state index contributed by atoms with van der Waals surface area (Å²) in [4.78, 5) is 0. The number of benzene rings is 2. The van der Waals surface area contributed by atoms with Crippen LogP contribution in [0.2, 0.25) is 0 Å². The molecule has 0 unspecified atom stereocenters. The first kappa shape index (κ1) is 16.7. The van der Waals surface area contributed by atoms with E-state index in [0.29, 0.717) is 12.8 Å². The number of hydrogen-bond acceptors (Lipinski definition) is 2. The van der Waals surface area contributed by atoms with Crippen LogP contribution in [0.1, 0.15) is 33.4 Å². The number of aryl methyl sites for hydroxylation is 4. The van der Waals surface area contributed by atoms with E-state index in [0.717, 1.165) is 11.1 Å². The van der Waals surface area contributed by atoms with Crippen LogP contribution in [-0.2, 0) is 12.8 Å². The van der Waals surface area contributed by atoms with E-state index in [1.165, 1.54) is 22.3 Å². The van der Waals surface area contributed by atoms with Gasteiger partial charge in [-0.05, 0) is 38.8 Å². The smallest absolute Gasteiger partial charge is 0.0842 e. The van der Waals surface area contributed by atoms with Gasteiger partial charge < -0.3 is 10.2 Å². The molecule has 118 valence electrons. The average molecular weight is 298 g/mol. The maximum Gasteiger partial charge on any atom is 0.0842 e. The van der Waals surface area contributed by atoms with Gasteiger partial charge in [-0.25, -0.2) is 0 Å². The lowest BCUT2D eigenvalue weighted by Crippen LogP contribution is -2.30. The van der Waals surface area contributed by atoms with Crippen LogP contribution >= 0.6 is 0 Å². The first-order valence-electron chi connectivity index (χ1n) is 7.84. The normalized spacial score (nSPS) is 13.9. The SMILES string of the molecule is Cc1cc(C)cc(C[C@H](O)[C@@H](O)Cc2cc(C)cc(C)c2)c1. The minimum absolute atomic E-state index is 0.481. The first-order chi connectivity index (χ1) is 10.3. The van der Waals surface area contributed by atoms with Crippen LogP contribution in [0.3, 0.4) is 0 Å². The molecule has 22 heavy (non-hydrogen) atoms. The molecule has 0 spiro atoms. The Morgan fingerprint density at radius 2 is 0.864 bits per heavy atom. The van der Waals surface area contributed by atoms with Gasteiger partial charge in [-0.2, -0.15) is 0 Å². The molecule has 2 atom stereocenters. The van der Waals surface area contributed by atoms with Gasteiger partial charge in [0.15, 0.2) is 0 Å². The van der Waals surface area contributed by atoms with Crippen molar-refractivity contribution in [1.82, 2.24) is 0 Å². The van der Waals surface area contributed by atoms with Gasteiger partial charge in [0.25, 0.3) is 0 Å². The summed E-state index contributed by atoms with van der Waals surface area (Å²) in [5.41, 5.74) is 6.89. The zero-order valence-corrected chi connectivity index (χ0v) is 13.9. The molecule has 2 nitrogen and oxygen atoms in total. The minimum Gasteiger partial charge on any atom is -0.390 e. The van der Waals surface area contributed by atoms with Crippen molar-refractivity contribution in [1.29, 1.82) is 0 Å². The summed E-state index contributed by atoms with van der Waals surface area (Å²) in [6.45, 7) is 8.20. The van der Waals surface area contributed by atoms with Gasteiger partial charge in [-0.3, -0.25) is 0 Å². The van der Waals surface area contributed by atoms with Crippen molar-refractivity contribution in [3.05, 3.63) is 69.8 Å². The fraction of sp³-hybridized carbons (Fsp3) is 0.400. The third-order valence-electron chi connectivity index (χ3n) is 3.90. The molecule has 2 heteroatoms. The molecule has 0 aliphatic carbocycles. The van der Waals surface area contributed by atoms with Crippen molar-refractivity contribution < 1.29 is 10.2 Å². The van der Waals surface area contributed by atoms with E-state index in [-0.39, 0.29) is 0 Å². The predicted octanol–water partition coefficient (Wildman–Crippen LogP) is 3.43. The lowest BCUT2D eigenvalue weighted by molar-refractivity contribution is 0.0206. The zero-order chi connectivity index (χ0) is 16.3. The largest absolute Gasteiger partial charge is 0.390 e. The molecule has 0 bridgehead atoms. The highest BCUT2D eigenvalue weighted by Gasteiger charge is 2.18. The monoisotopic (exact) mass is 298 g/mol. The quantitative estimate of drug-likeness (QED) is 0.888. The summed E-state index contributed by atoms with van der Waals surface area (Å²) in [6.07, 6.45) is -0.535. The molecule has 0 saturated heterocycles. The van der Waals surface area contributed by atoms with Crippen LogP contribution in [0, 0.1) is 27.7 Å². The number of hydrogen-bond donors (Lipinski definition) is 2. The Morgan fingerprint density at radius 3 is 1.14 bits per heavy atom. The zero-order valence-electron chi connectivity index (χ0n) is 13.9. The van der Waals surface area contributed by atoms with Gasteiger partial charge in [0, 0.05) is 12.8 Å². The molecule has 2 aromatic rings. The maximum absolute atomic E-state index is 10.3. The second kappa shape index (κ2) is 7.08. The molecule has 2 rings (SSSR count). The minimum atomic E-state index is -0.748. The number of rotatable bonds is 5. The van der Waals surface area contributed by atoms with Crippen molar-refractivity contribution in [2.75, 3.05) is 0 Å². The van der Waals surface area contributed by atoms with Crippen LogP contribution in [0.5, 0.6) is 0 Å². The molecule has 2 N–H and O–H groups in total. The Bertz CT molecular complexity index is 548. The molecule has 0 heterocycles. The van der Waals surface area contributed by atoms with Crippen molar-refractivity contribution in [3.8, 4) is 0 Å². The van der Waals surface area contributed by atoms with Gasteiger partial charge in [0.05, 0.1) is 12.2 Å². The summed E-state index contributed by atoms with van der Waals surface area (Å²) in [7, 11) is 0. The van der Waals surface area contributed by atoms with Crippen LogP contribution in [0.4, 0.5) is 0 Å². The van der Waals surface area contributed by atoms with Gasteiger partial charge >= 0.3 is 0 Å². The van der Waals surface area contributed by atoms with Crippen LogP contribution in [0.15, 0.2) is 36.4 Å². The second-order valence-electron chi connectivity index (χ2n) is 6.53. The lowest BCUT2D eigenvalue weighted by atomic mass is 9.95. The van der Waals surface area contributed by atoms with E-state index < -0.39 is 12.2 Å². The van der Waals surface area contributed by atoms with Gasteiger partial charge in [0.1, 0.15) is 0 Å². The highest BCUT2D eigenvalue weighted by molar-refractivity contribution is 5.30. The van der Waals surface area contributed by atoms with Crippen LogP contribution in [0.25, 0.3) is 0 Å². The Labute approximate surface area is 133 Å². The summed E-state index contributed by atoms with van der Waals surface area (Å²) in [6, 6.07) is 12.5. The molecule has 2 aromatic carbocycles. The summed E-state index contributed by atoms with van der Waals surface area (Å²) in [5.74, 6) is 0. The molecule has 0 amide bonds. The average Bonchev–Trinajstić information content (AvgIpc) is 2.35. The van der Waals surface area contributed by atoms with Crippen LogP contribution in [-0.4, -0.2) is 22.4 Å². The molecule has 0 aromatic heterocycles. The fourth-order valence-electron chi connectivity index (χ4n) is 3.13. The van der Waals surface area contributed by atoms with Crippen molar-refractivity contribution in [3.63, 3.8) is 0 Å². The van der Waals surface area contributed by atoms with Gasteiger partial charge in [-0.15, -0.1) is 0 Å². The van der Waals surface area contributed by atoms with E-state index in [4.69, 9.17) is 0 Å². The maximum atomic E-state index is 10.3. The van der Waals surface area contributed by atoms with E-state index in [9.17, 15) is 10.2 Å². The lowest BCUT2D eigenvalue weighted by Gasteiger charge is -2.19. The van der Waals surface area contributed by atoms with Gasteiger partial charge in [-0.1, -0.05) is 58.7 Å². The van der Waals surface area contributed by atoms with E-state index in [1.54, 1.807) is 0 Å². The summed E-state index contributed by atoms with van der Waals surface area (Å²) < 4.78 is 0. The molecule has 0 saturated carbocycles.